The Balaban J connectivity index is 0.000000234. The molecular weight excluding hydrogens is 805 g/mol. The number of carbonyl (C=O) groups excluding carboxylic acids is 2. The van der Waals surface area contributed by atoms with Gasteiger partial charge in [0.25, 0.3) is 0 Å². The zero-order valence-electron chi connectivity index (χ0n) is 35.8. The molecule has 2 saturated carbocycles. The first kappa shape index (κ1) is 50.0. The highest BCUT2D eigenvalue weighted by Crippen LogP contribution is 2.50. The number of hydrogen-bond donors (Lipinski definition) is 0. The molecule has 0 N–H and O–H groups in total. The van der Waals surface area contributed by atoms with Gasteiger partial charge in [0.05, 0.1) is 58.2 Å². The first-order chi connectivity index (χ1) is 25.8. The van der Waals surface area contributed by atoms with Gasteiger partial charge in [-0.3, -0.25) is 19.6 Å². The Morgan fingerprint density at radius 2 is 0.914 bits per heavy atom. The number of nitrogens with zero attached hydrogens (tertiary/aromatic N) is 2. The molecule has 3 saturated heterocycles. The lowest BCUT2D eigenvalue weighted by molar-refractivity contribution is -0.147. The summed E-state index contributed by atoms with van der Waals surface area (Å²) in [5.74, 6) is -0.325. The Kier molecular flexibility index (Phi) is 15.2. The van der Waals surface area contributed by atoms with Crippen LogP contribution in [0.1, 0.15) is 149 Å². The molecule has 5 fully saturated rings. The molecule has 0 unspecified atom stereocenters. The topological polar surface area (TPSA) is 134 Å². The summed E-state index contributed by atoms with van der Waals surface area (Å²) in [6, 6.07) is 7.55. The van der Waals surface area contributed by atoms with Gasteiger partial charge in [0.2, 0.25) is 0 Å². The Hall–Kier alpha value is -2.33. The van der Waals surface area contributed by atoms with Gasteiger partial charge in [0, 0.05) is 16.9 Å². The van der Waals surface area contributed by atoms with Crippen LogP contribution in [0.2, 0.25) is 0 Å². The summed E-state index contributed by atoms with van der Waals surface area (Å²) in [5.41, 5.74) is -0.790. The second kappa shape index (κ2) is 17.6. The predicted molar refractivity (Wildman–Crippen MR) is 233 cm³/mol. The van der Waals surface area contributed by atoms with Gasteiger partial charge in [-0.1, -0.05) is 30.8 Å². The third-order valence-electron chi connectivity index (χ3n) is 12.6. The van der Waals surface area contributed by atoms with Gasteiger partial charge < -0.3 is 37.4 Å². The van der Waals surface area contributed by atoms with E-state index in [1.54, 1.807) is 12.4 Å². The molecule has 0 radical (unpaired) electrons. The third kappa shape index (κ3) is 9.90. The SMILES string of the molecule is C.C.CC1(C)OB(B2OC(C)(C)C(C)(C)O2)OC1(C)C.CCOC(=O)C1(c2cc(B3OC(C)(C)C(C)(C)O3)ccn2)CC1.CCOC(=O)C1(c2cc(Br)ccn2)CC1. The van der Waals surface area contributed by atoms with Crippen molar-refractivity contribution in [2.24, 2.45) is 0 Å². The molecule has 2 aliphatic carbocycles. The lowest BCUT2D eigenvalue weighted by Gasteiger charge is -2.32. The number of halogens is 1. The Morgan fingerprint density at radius 1 is 0.586 bits per heavy atom. The number of carbonyl (C=O) groups is 2. The van der Waals surface area contributed by atoms with Crippen molar-refractivity contribution < 1.29 is 47.0 Å². The summed E-state index contributed by atoms with van der Waals surface area (Å²) in [7, 11) is -1.40. The van der Waals surface area contributed by atoms with Crippen LogP contribution < -0.4 is 5.46 Å². The first-order valence-electron chi connectivity index (χ1n) is 19.8. The highest BCUT2D eigenvalue weighted by molar-refractivity contribution is 9.10. The molecule has 322 valence electrons. The van der Waals surface area contributed by atoms with Crippen LogP contribution in [0.3, 0.4) is 0 Å². The van der Waals surface area contributed by atoms with Crippen LogP contribution in [0.5, 0.6) is 0 Å². The van der Waals surface area contributed by atoms with Gasteiger partial charge in [-0.15, -0.1) is 0 Å². The third-order valence-corrected chi connectivity index (χ3v) is 13.1. The van der Waals surface area contributed by atoms with Crippen LogP contribution in [0.15, 0.2) is 41.1 Å². The van der Waals surface area contributed by atoms with Crippen molar-refractivity contribution in [3.05, 3.63) is 52.5 Å². The molecule has 7 rings (SSSR count). The van der Waals surface area contributed by atoms with Gasteiger partial charge in [-0.05, 0) is 152 Å². The quantitative estimate of drug-likeness (QED) is 0.188. The molecule has 3 aliphatic heterocycles. The van der Waals surface area contributed by atoms with Crippen molar-refractivity contribution >= 4 is 54.5 Å². The smallest absolute Gasteiger partial charge is 0.465 e. The van der Waals surface area contributed by atoms with Crippen LogP contribution in [-0.2, 0) is 57.8 Å². The second-order valence-electron chi connectivity index (χ2n) is 18.3. The van der Waals surface area contributed by atoms with E-state index in [2.05, 4.69) is 25.9 Å². The van der Waals surface area contributed by atoms with E-state index in [4.69, 9.17) is 37.4 Å². The maximum Gasteiger partial charge on any atom is 0.494 e. The summed E-state index contributed by atoms with van der Waals surface area (Å²) in [4.78, 5) is 32.7. The van der Waals surface area contributed by atoms with Gasteiger partial charge in [0.15, 0.2) is 0 Å². The average molecular weight is 873 g/mol. The van der Waals surface area contributed by atoms with Crippen LogP contribution in [0.4, 0.5) is 0 Å². The van der Waals surface area contributed by atoms with Crippen molar-refractivity contribution in [1.82, 2.24) is 9.97 Å². The van der Waals surface area contributed by atoms with Crippen LogP contribution >= 0.6 is 15.9 Å². The first-order valence-corrected chi connectivity index (χ1v) is 20.6. The number of ether oxygens (including phenoxy) is 2. The number of aromatic nitrogens is 2. The molecule has 12 nitrogen and oxygen atoms in total. The van der Waals surface area contributed by atoms with Crippen LogP contribution in [0, 0.1) is 0 Å². The van der Waals surface area contributed by atoms with Gasteiger partial charge in [-0.25, -0.2) is 0 Å². The minimum Gasteiger partial charge on any atom is -0.465 e. The Labute approximate surface area is 357 Å². The fourth-order valence-electron chi connectivity index (χ4n) is 6.42. The summed E-state index contributed by atoms with van der Waals surface area (Å²) < 4.78 is 47.2. The molecule has 0 spiro atoms. The number of esters is 2. The molecular formula is C42H68B3BrN2O10. The summed E-state index contributed by atoms with van der Waals surface area (Å²) in [6.07, 6.45) is 6.68. The fraction of sp³-hybridized carbons (Fsp3) is 0.714. The molecule has 0 atom stereocenters. The molecule has 0 bridgehead atoms. The molecule has 2 aromatic heterocycles. The molecule has 0 aromatic carbocycles. The maximum atomic E-state index is 12.2. The van der Waals surface area contributed by atoms with Crippen LogP contribution in [-0.4, -0.2) is 89.9 Å². The summed E-state index contributed by atoms with van der Waals surface area (Å²) >= 11 is 3.38. The Morgan fingerprint density at radius 3 is 1.24 bits per heavy atom. The van der Waals surface area contributed by atoms with E-state index < -0.39 is 32.0 Å². The molecule has 0 amide bonds. The number of pyridine rings is 2. The minimum absolute atomic E-state index is 0. The van der Waals surface area contributed by atoms with E-state index in [9.17, 15) is 9.59 Å². The highest BCUT2D eigenvalue weighted by atomic mass is 79.9. The highest BCUT2D eigenvalue weighted by Gasteiger charge is 2.64. The summed E-state index contributed by atoms with van der Waals surface area (Å²) in [6.45, 7) is 28.8. The standard InChI is InChI=1S/C17H24BNO4.C12H24B2O4.C11H12BrNO2.2CH4/c1-6-21-14(20)17(8-9-17)13-11-12(7-10-19-13)18-22-15(2,3)16(4,5)23-18;1-9(2)10(3,4)16-13(15-9)14-17-11(5,6)12(7,8)18-14;1-2-15-10(14)11(4-5-11)9-7-8(12)3-6-13-9;;/h7,10-11H,6,8-9H2,1-5H3;1-8H3;3,6-7H,2,4-5H2,1H3;2*1H4. The van der Waals surface area contributed by atoms with Crippen molar-refractivity contribution in [1.29, 1.82) is 0 Å². The monoisotopic (exact) mass is 872 g/mol. The van der Waals surface area contributed by atoms with E-state index >= 15 is 0 Å². The second-order valence-corrected chi connectivity index (χ2v) is 19.2. The molecule has 5 aliphatic rings. The van der Waals surface area contributed by atoms with Gasteiger partial charge in [-0.2, -0.15) is 0 Å². The van der Waals surface area contributed by atoms with E-state index in [-0.39, 0.29) is 60.4 Å². The van der Waals surface area contributed by atoms with Crippen molar-refractivity contribution in [2.45, 2.75) is 182 Å². The van der Waals surface area contributed by atoms with Crippen molar-refractivity contribution in [3.8, 4) is 0 Å². The predicted octanol–water partition coefficient (Wildman–Crippen LogP) is 7.94. The largest absolute Gasteiger partial charge is 0.494 e. The lowest BCUT2D eigenvalue weighted by atomic mass is 9.49. The normalized spacial score (nSPS) is 23.7. The minimum atomic E-state index is -0.574. The van der Waals surface area contributed by atoms with Crippen LogP contribution in [0.25, 0.3) is 0 Å². The number of hydrogen-bond acceptors (Lipinski definition) is 12. The zero-order valence-corrected chi connectivity index (χ0v) is 37.4. The van der Waals surface area contributed by atoms with E-state index in [0.29, 0.717) is 13.2 Å². The van der Waals surface area contributed by atoms with Gasteiger partial charge >= 0.3 is 33.1 Å². The number of rotatable bonds is 8. The average Bonchev–Trinajstić information content (AvgIpc) is 4.01. The van der Waals surface area contributed by atoms with Gasteiger partial charge in [0.1, 0.15) is 10.8 Å². The molecule has 16 heteroatoms. The summed E-state index contributed by atoms with van der Waals surface area (Å²) in [5, 5.41) is 0. The molecule has 2 aromatic rings. The fourth-order valence-corrected chi connectivity index (χ4v) is 6.75. The Bertz CT molecular complexity index is 1680. The maximum absolute atomic E-state index is 12.2. The molecule has 5 heterocycles. The van der Waals surface area contributed by atoms with E-state index in [1.165, 1.54) is 0 Å². The van der Waals surface area contributed by atoms with E-state index in [1.807, 2.05) is 121 Å². The van der Waals surface area contributed by atoms with E-state index in [0.717, 1.165) is 47.0 Å². The van der Waals surface area contributed by atoms with Crippen molar-refractivity contribution in [3.63, 3.8) is 0 Å². The van der Waals surface area contributed by atoms with Crippen molar-refractivity contribution in [2.75, 3.05) is 13.2 Å². The zero-order chi connectivity index (χ0) is 41.8. The lowest BCUT2D eigenvalue weighted by Crippen LogP contribution is -2.41. The molecule has 58 heavy (non-hydrogen) atoms.